The van der Waals surface area contributed by atoms with Crippen molar-refractivity contribution in [1.82, 2.24) is 4.90 Å². The lowest BCUT2D eigenvalue weighted by molar-refractivity contribution is 0.0524. The molecule has 87 valence electrons. The fourth-order valence-electron chi connectivity index (χ4n) is 2.55. The molecule has 17 heavy (non-hydrogen) atoms. The van der Waals surface area contributed by atoms with Crippen molar-refractivity contribution < 1.29 is 9.59 Å². The van der Waals surface area contributed by atoms with Gasteiger partial charge in [0.25, 0.3) is 11.8 Å². The van der Waals surface area contributed by atoms with E-state index in [1.807, 2.05) is 0 Å². The number of amides is 2. The van der Waals surface area contributed by atoms with E-state index >= 15 is 0 Å². The average molecular weight is 228 g/mol. The van der Waals surface area contributed by atoms with Crippen molar-refractivity contribution in [3.8, 4) is 0 Å². The normalized spacial score (nSPS) is 21.4. The minimum absolute atomic E-state index is 0.104. The van der Waals surface area contributed by atoms with E-state index in [0.29, 0.717) is 17.7 Å². The molecule has 0 spiro atoms. The van der Waals surface area contributed by atoms with Crippen LogP contribution in [0.2, 0.25) is 0 Å². The highest BCUT2D eigenvalue weighted by Crippen LogP contribution is 2.41. The number of rotatable bonds is 2. The first kappa shape index (κ1) is 10.5. The summed E-state index contributed by atoms with van der Waals surface area (Å²) in [4.78, 5) is 25.6. The molecule has 1 saturated carbocycles. The lowest BCUT2D eigenvalue weighted by atomic mass is 9.70. The zero-order valence-corrected chi connectivity index (χ0v) is 9.61. The van der Waals surface area contributed by atoms with Crippen molar-refractivity contribution in [3.63, 3.8) is 0 Å². The standard InChI is InChI=1S/C14H14NO2/c1-14(7-4-8-14)9-15-12(16)10-5-2-3-6-11(10)13(15)17/h2-3,5-6H,1,4,7-9H2. The highest BCUT2D eigenvalue weighted by atomic mass is 16.2. The number of benzene rings is 1. The van der Waals surface area contributed by atoms with E-state index in [9.17, 15) is 9.59 Å². The van der Waals surface area contributed by atoms with E-state index in [2.05, 4.69) is 6.92 Å². The van der Waals surface area contributed by atoms with Crippen LogP contribution in [0.3, 0.4) is 0 Å². The SMILES string of the molecule is [CH2]C1(CN2C(=O)c3ccccc3C2=O)CCC1. The summed E-state index contributed by atoms with van der Waals surface area (Å²) in [7, 11) is 0. The van der Waals surface area contributed by atoms with Crippen molar-refractivity contribution in [2.75, 3.05) is 6.54 Å². The molecule has 1 radical (unpaired) electrons. The molecule has 3 heteroatoms. The lowest BCUT2D eigenvalue weighted by Crippen LogP contribution is -2.43. The van der Waals surface area contributed by atoms with Crippen LogP contribution in [0.25, 0.3) is 0 Å². The summed E-state index contributed by atoms with van der Waals surface area (Å²) < 4.78 is 0. The first-order valence-corrected chi connectivity index (χ1v) is 5.91. The Morgan fingerprint density at radius 2 is 1.65 bits per heavy atom. The van der Waals surface area contributed by atoms with Crippen LogP contribution in [0.5, 0.6) is 0 Å². The average Bonchev–Trinajstić information content (AvgIpc) is 2.53. The topological polar surface area (TPSA) is 37.4 Å². The zero-order chi connectivity index (χ0) is 12.0. The Bertz CT molecular complexity index is 468. The Kier molecular flexibility index (Phi) is 2.12. The largest absolute Gasteiger partial charge is 0.274 e. The monoisotopic (exact) mass is 228 g/mol. The smallest absolute Gasteiger partial charge is 0.261 e. The molecule has 0 N–H and O–H groups in total. The van der Waals surface area contributed by atoms with Crippen molar-refractivity contribution in [2.45, 2.75) is 19.3 Å². The maximum Gasteiger partial charge on any atom is 0.261 e. The second-order valence-electron chi connectivity index (χ2n) is 5.10. The number of fused-ring (bicyclic) bond motifs is 1. The molecule has 0 atom stereocenters. The van der Waals surface area contributed by atoms with Crippen LogP contribution in [0, 0.1) is 12.3 Å². The quantitative estimate of drug-likeness (QED) is 0.728. The van der Waals surface area contributed by atoms with Crippen molar-refractivity contribution >= 4 is 11.8 Å². The Labute approximate surface area is 100 Å². The molecular formula is C14H14NO2. The fourth-order valence-corrected chi connectivity index (χ4v) is 2.55. The molecule has 2 amide bonds. The summed E-state index contributed by atoms with van der Waals surface area (Å²) in [5.41, 5.74) is 0.953. The second kappa shape index (κ2) is 3.42. The zero-order valence-electron chi connectivity index (χ0n) is 9.61. The third-order valence-electron chi connectivity index (χ3n) is 3.79. The van der Waals surface area contributed by atoms with Crippen molar-refractivity contribution in [3.05, 3.63) is 42.3 Å². The predicted molar refractivity (Wildman–Crippen MR) is 63.5 cm³/mol. The maximum absolute atomic E-state index is 12.1. The Morgan fingerprint density at radius 3 is 2.06 bits per heavy atom. The number of nitrogens with zero attached hydrogens (tertiary/aromatic N) is 1. The second-order valence-corrected chi connectivity index (χ2v) is 5.10. The van der Waals surface area contributed by atoms with Crippen LogP contribution in [-0.2, 0) is 0 Å². The van der Waals surface area contributed by atoms with E-state index < -0.39 is 0 Å². The van der Waals surface area contributed by atoms with Gasteiger partial charge in [-0.2, -0.15) is 0 Å². The molecule has 1 aromatic rings. The first-order chi connectivity index (χ1) is 8.11. The van der Waals surface area contributed by atoms with Gasteiger partial charge in [0.05, 0.1) is 11.1 Å². The van der Waals surface area contributed by atoms with Crippen molar-refractivity contribution in [1.29, 1.82) is 0 Å². The van der Waals surface area contributed by atoms with Gasteiger partial charge in [-0.25, -0.2) is 0 Å². The summed E-state index contributed by atoms with van der Waals surface area (Å²) in [6.45, 7) is 4.58. The Hall–Kier alpha value is -1.64. The molecule has 2 aliphatic rings. The van der Waals surface area contributed by atoms with Crippen molar-refractivity contribution in [2.24, 2.45) is 5.41 Å². The lowest BCUT2D eigenvalue weighted by Gasteiger charge is -2.40. The van der Waals surface area contributed by atoms with Gasteiger partial charge < -0.3 is 0 Å². The highest BCUT2D eigenvalue weighted by Gasteiger charge is 2.41. The summed E-state index contributed by atoms with van der Waals surface area (Å²) in [5.74, 6) is -0.332. The van der Waals surface area contributed by atoms with Gasteiger partial charge in [0.15, 0.2) is 0 Å². The van der Waals surface area contributed by atoms with E-state index in [-0.39, 0.29) is 17.2 Å². The number of imide groups is 1. The van der Waals surface area contributed by atoms with Gasteiger partial charge in [-0.15, -0.1) is 0 Å². The van der Waals surface area contributed by atoms with Crippen LogP contribution < -0.4 is 0 Å². The van der Waals surface area contributed by atoms with Gasteiger partial charge >= 0.3 is 0 Å². The summed E-state index contributed by atoms with van der Waals surface area (Å²) in [5, 5.41) is 0. The molecule has 1 aliphatic carbocycles. The first-order valence-electron chi connectivity index (χ1n) is 5.91. The van der Waals surface area contributed by atoms with Crippen LogP contribution in [-0.4, -0.2) is 23.3 Å². The van der Waals surface area contributed by atoms with Gasteiger partial charge in [0.1, 0.15) is 0 Å². The number of carbonyl (C=O) groups is 2. The fraction of sp³-hybridized carbons (Fsp3) is 0.357. The van der Waals surface area contributed by atoms with E-state index in [4.69, 9.17) is 0 Å². The van der Waals surface area contributed by atoms with Gasteiger partial charge in [-0.1, -0.05) is 18.6 Å². The highest BCUT2D eigenvalue weighted by molar-refractivity contribution is 6.21. The third kappa shape index (κ3) is 1.49. The van der Waals surface area contributed by atoms with Crippen LogP contribution in [0.4, 0.5) is 0 Å². The molecule has 0 saturated heterocycles. The van der Waals surface area contributed by atoms with Gasteiger partial charge in [0.2, 0.25) is 0 Å². The van der Waals surface area contributed by atoms with Gasteiger partial charge in [0, 0.05) is 6.54 Å². The van der Waals surface area contributed by atoms with Crippen LogP contribution in [0.15, 0.2) is 24.3 Å². The molecule has 1 heterocycles. The van der Waals surface area contributed by atoms with E-state index in [0.717, 1.165) is 19.3 Å². The van der Waals surface area contributed by atoms with E-state index in [1.165, 1.54) is 4.90 Å². The molecule has 1 fully saturated rings. The molecule has 3 nitrogen and oxygen atoms in total. The van der Waals surface area contributed by atoms with E-state index in [1.54, 1.807) is 24.3 Å². The number of hydrogen-bond acceptors (Lipinski definition) is 2. The Morgan fingerprint density at radius 1 is 1.12 bits per heavy atom. The Balaban J connectivity index is 1.90. The summed E-state index contributed by atoms with van der Waals surface area (Å²) >= 11 is 0. The minimum Gasteiger partial charge on any atom is -0.274 e. The molecule has 0 aromatic heterocycles. The van der Waals surface area contributed by atoms with Crippen LogP contribution in [0.1, 0.15) is 40.0 Å². The van der Waals surface area contributed by atoms with Crippen LogP contribution >= 0.6 is 0 Å². The third-order valence-corrected chi connectivity index (χ3v) is 3.79. The van der Waals surface area contributed by atoms with Gasteiger partial charge in [-0.05, 0) is 37.3 Å². The number of carbonyl (C=O) groups excluding carboxylic acids is 2. The number of hydrogen-bond donors (Lipinski definition) is 0. The minimum atomic E-state index is -0.166. The molecule has 1 aromatic carbocycles. The summed E-state index contributed by atoms with van der Waals surface area (Å²) in [6, 6.07) is 7.01. The predicted octanol–water partition coefficient (Wildman–Crippen LogP) is 2.29. The molecule has 0 unspecified atom stereocenters. The summed E-state index contributed by atoms with van der Waals surface area (Å²) in [6.07, 6.45) is 3.15. The molecule has 0 bridgehead atoms. The van der Waals surface area contributed by atoms with Gasteiger partial charge in [-0.3, -0.25) is 14.5 Å². The molecule has 1 aliphatic heterocycles. The maximum atomic E-state index is 12.1. The molecule has 3 rings (SSSR count). The molecular weight excluding hydrogens is 214 g/mol.